The van der Waals surface area contributed by atoms with Gasteiger partial charge in [0.25, 0.3) is 0 Å². The molecule has 2 rings (SSSR count). The van der Waals surface area contributed by atoms with Crippen LogP contribution in [0.4, 0.5) is 4.39 Å². The Labute approximate surface area is 144 Å². The van der Waals surface area contributed by atoms with Gasteiger partial charge in [-0.3, -0.25) is 4.79 Å². The molecule has 0 aromatic heterocycles. The van der Waals surface area contributed by atoms with Crippen molar-refractivity contribution < 1.29 is 17.6 Å². The zero-order valence-corrected chi connectivity index (χ0v) is 14.4. The molecule has 0 unspecified atom stereocenters. The van der Waals surface area contributed by atoms with E-state index >= 15 is 0 Å². The average Bonchev–Trinajstić information content (AvgIpc) is 2.53. The Bertz CT molecular complexity index is 825. The first-order valence-corrected chi connectivity index (χ1v) is 8.95. The monoisotopic (exact) mass is 370 g/mol. The lowest BCUT2D eigenvalue weighted by Gasteiger charge is -2.15. The third-order valence-electron chi connectivity index (χ3n) is 3.26. The van der Waals surface area contributed by atoms with Crippen LogP contribution in [0, 0.1) is 5.82 Å². The molecule has 0 bridgehead atoms. The Kier molecular flexibility index (Phi) is 5.93. The van der Waals surface area contributed by atoms with Gasteiger partial charge >= 0.3 is 0 Å². The summed E-state index contributed by atoms with van der Waals surface area (Å²) in [5.41, 5.74) is 0.723. The number of hydrogen-bond acceptors (Lipinski definition) is 3. The quantitative estimate of drug-likeness (QED) is 0.820. The highest BCUT2D eigenvalue weighted by atomic mass is 35.5. The fourth-order valence-corrected chi connectivity index (χ4v) is 3.35. The first kappa shape index (κ1) is 18.4. The Balaban J connectivity index is 1.98. The van der Waals surface area contributed by atoms with E-state index < -0.39 is 27.8 Å². The molecule has 0 aliphatic rings. The molecule has 8 heteroatoms. The highest BCUT2D eigenvalue weighted by molar-refractivity contribution is 7.89. The van der Waals surface area contributed by atoms with Crippen LogP contribution in [0.5, 0.6) is 0 Å². The van der Waals surface area contributed by atoms with Crippen molar-refractivity contribution in [3.8, 4) is 0 Å². The number of halogens is 2. The van der Waals surface area contributed by atoms with Gasteiger partial charge in [0.05, 0.1) is 10.9 Å². The van der Waals surface area contributed by atoms with E-state index in [0.717, 1.165) is 29.8 Å². The lowest BCUT2D eigenvalue weighted by atomic mass is 10.2. The van der Waals surface area contributed by atoms with Crippen LogP contribution >= 0.6 is 11.6 Å². The second kappa shape index (κ2) is 7.74. The second-order valence-electron chi connectivity index (χ2n) is 5.11. The van der Waals surface area contributed by atoms with Crippen LogP contribution in [0.25, 0.3) is 0 Å². The van der Waals surface area contributed by atoms with Crippen LogP contribution in [0.3, 0.4) is 0 Å². The molecule has 2 aromatic rings. The number of nitrogens with one attached hydrogen (secondary N) is 2. The number of sulfonamides is 1. The van der Waals surface area contributed by atoms with Crippen molar-refractivity contribution in [3.05, 3.63) is 64.9 Å². The van der Waals surface area contributed by atoms with Crippen LogP contribution in [0.2, 0.25) is 5.02 Å². The van der Waals surface area contributed by atoms with Gasteiger partial charge in [0, 0.05) is 11.6 Å². The summed E-state index contributed by atoms with van der Waals surface area (Å²) in [6, 6.07) is 10.4. The number of amides is 1. The lowest BCUT2D eigenvalue weighted by Crippen LogP contribution is -2.44. The molecule has 24 heavy (non-hydrogen) atoms. The van der Waals surface area contributed by atoms with Crippen LogP contribution in [-0.2, 0) is 21.4 Å². The maximum absolute atomic E-state index is 12.9. The van der Waals surface area contributed by atoms with E-state index in [1.807, 2.05) is 0 Å². The minimum Gasteiger partial charge on any atom is -0.351 e. The van der Waals surface area contributed by atoms with Crippen LogP contribution < -0.4 is 10.0 Å². The van der Waals surface area contributed by atoms with Crippen LogP contribution in [0.15, 0.2) is 53.4 Å². The molecule has 0 spiro atoms. The Morgan fingerprint density at radius 3 is 2.42 bits per heavy atom. The number of carbonyl (C=O) groups excluding carboxylic acids is 1. The topological polar surface area (TPSA) is 75.3 Å². The van der Waals surface area contributed by atoms with E-state index in [1.165, 1.54) is 6.92 Å². The van der Waals surface area contributed by atoms with Crippen molar-refractivity contribution in [1.29, 1.82) is 0 Å². The van der Waals surface area contributed by atoms with Crippen molar-refractivity contribution >= 4 is 27.5 Å². The molecule has 128 valence electrons. The molecule has 0 saturated carbocycles. The molecular weight excluding hydrogens is 355 g/mol. The minimum absolute atomic E-state index is 0.116. The maximum Gasteiger partial charge on any atom is 0.241 e. The van der Waals surface area contributed by atoms with Gasteiger partial charge in [-0.2, -0.15) is 4.72 Å². The van der Waals surface area contributed by atoms with Crippen molar-refractivity contribution in [2.24, 2.45) is 0 Å². The molecule has 0 radical (unpaired) electrons. The lowest BCUT2D eigenvalue weighted by molar-refractivity contribution is -0.122. The molecule has 0 aliphatic carbocycles. The Morgan fingerprint density at radius 1 is 1.17 bits per heavy atom. The van der Waals surface area contributed by atoms with E-state index in [2.05, 4.69) is 10.0 Å². The minimum atomic E-state index is -3.92. The molecule has 0 fully saturated rings. The SMILES string of the molecule is C[C@@H](NS(=O)(=O)c1ccc(F)cc1)C(=O)NCc1ccccc1Cl. The van der Waals surface area contributed by atoms with Gasteiger partial charge in [0.2, 0.25) is 15.9 Å². The molecule has 1 amide bonds. The summed E-state index contributed by atoms with van der Waals surface area (Å²) >= 11 is 5.99. The van der Waals surface area contributed by atoms with Crippen LogP contribution in [0.1, 0.15) is 12.5 Å². The van der Waals surface area contributed by atoms with E-state index in [9.17, 15) is 17.6 Å². The van der Waals surface area contributed by atoms with E-state index in [0.29, 0.717) is 5.02 Å². The van der Waals surface area contributed by atoms with Gasteiger partial charge in [-0.1, -0.05) is 29.8 Å². The summed E-state index contributed by atoms with van der Waals surface area (Å²) < 4.78 is 39.4. The molecule has 2 aromatic carbocycles. The normalized spacial score (nSPS) is 12.6. The number of carbonyl (C=O) groups is 1. The molecule has 0 saturated heterocycles. The molecule has 0 aliphatic heterocycles. The van der Waals surface area contributed by atoms with Gasteiger partial charge in [0.15, 0.2) is 0 Å². The van der Waals surface area contributed by atoms with Crippen molar-refractivity contribution in [2.75, 3.05) is 0 Å². The zero-order chi connectivity index (χ0) is 17.7. The second-order valence-corrected chi connectivity index (χ2v) is 7.23. The summed E-state index contributed by atoms with van der Waals surface area (Å²) in [6.45, 7) is 1.60. The Morgan fingerprint density at radius 2 is 1.79 bits per heavy atom. The number of hydrogen-bond donors (Lipinski definition) is 2. The molecule has 2 N–H and O–H groups in total. The highest BCUT2D eigenvalue weighted by Crippen LogP contribution is 2.14. The fourth-order valence-electron chi connectivity index (χ4n) is 1.95. The predicted molar refractivity (Wildman–Crippen MR) is 89.5 cm³/mol. The Hall–Kier alpha value is -1.96. The van der Waals surface area contributed by atoms with Gasteiger partial charge in [-0.25, -0.2) is 12.8 Å². The first-order chi connectivity index (χ1) is 11.3. The maximum atomic E-state index is 12.9. The average molecular weight is 371 g/mol. The number of rotatable bonds is 6. The van der Waals surface area contributed by atoms with Gasteiger partial charge < -0.3 is 5.32 Å². The van der Waals surface area contributed by atoms with Gasteiger partial charge in [-0.05, 0) is 42.8 Å². The van der Waals surface area contributed by atoms with Gasteiger partial charge in [0.1, 0.15) is 5.82 Å². The summed E-state index contributed by atoms with van der Waals surface area (Å²) in [4.78, 5) is 11.9. The molecule has 0 heterocycles. The summed E-state index contributed by atoms with van der Waals surface area (Å²) in [6.07, 6.45) is 0. The zero-order valence-electron chi connectivity index (χ0n) is 12.8. The van der Waals surface area contributed by atoms with Crippen molar-refractivity contribution in [3.63, 3.8) is 0 Å². The van der Waals surface area contributed by atoms with E-state index in [-0.39, 0.29) is 11.4 Å². The van der Waals surface area contributed by atoms with Crippen molar-refractivity contribution in [2.45, 2.75) is 24.4 Å². The van der Waals surface area contributed by atoms with Gasteiger partial charge in [-0.15, -0.1) is 0 Å². The first-order valence-electron chi connectivity index (χ1n) is 7.08. The molecular formula is C16H16ClFN2O3S. The van der Waals surface area contributed by atoms with Crippen molar-refractivity contribution in [1.82, 2.24) is 10.0 Å². The van der Waals surface area contributed by atoms with Crippen LogP contribution in [-0.4, -0.2) is 20.4 Å². The molecule has 5 nitrogen and oxygen atoms in total. The summed E-state index contributed by atoms with van der Waals surface area (Å²) in [5, 5.41) is 3.12. The summed E-state index contributed by atoms with van der Waals surface area (Å²) in [7, 11) is -3.92. The number of benzene rings is 2. The molecule has 1 atom stereocenters. The standard InChI is InChI=1S/C16H16ClFN2O3S/c1-11(16(21)19-10-12-4-2-3-5-15(12)17)20-24(22,23)14-8-6-13(18)7-9-14/h2-9,11,20H,10H2,1H3,(H,19,21)/t11-/m1/s1. The third kappa shape index (κ3) is 4.77. The highest BCUT2D eigenvalue weighted by Gasteiger charge is 2.22. The smallest absolute Gasteiger partial charge is 0.241 e. The largest absolute Gasteiger partial charge is 0.351 e. The summed E-state index contributed by atoms with van der Waals surface area (Å²) in [5.74, 6) is -1.04. The van der Waals surface area contributed by atoms with E-state index in [1.54, 1.807) is 24.3 Å². The van der Waals surface area contributed by atoms with E-state index in [4.69, 9.17) is 11.6 Å². The third-order valence-corrected chi connectivity index (χ3v) is 5.19. The predicted octanol–water partition coefficient (Wildman–Crippen LogP) is 2.46. The fraction of sp³-hybridized carbons (Fsp3) is 0.188.